The number of aromatic nitrogens is 2. The number of fused-ring (bicyclic) bond motifs is 1. The van der Waals surface area contributed by atoms with Crippen LogP contribution in [-0.4, -0.2) is 16.4 Å². The smallest absolute Gasteiger partial charge is 0.178 e. The molecule has 2 heterocycles. The Kier molecular flexibility index (Phi) is 5.87. The van der Waals surface area contributed by atoms with Crippen LogP contribution in [0.2, 0.25) is 0 Å². The topological polar surface area (TPSA) is 53.1 Å². The minimum atomic E-state index is 0. The van der Waals surface area contributed by atoms with E-state index < -0.39 is 0 Å². The molecule has 0 saturated heterocycles. The van der Waals surface area contributed by atoms with Crippen LogP contribution in [0, 0.1) is 6.92 Å². The number of allylic oxidation sites excluding steroid dienone is 2. The lowest BCUT2D eigenvalue weighted by atomic mass is 10.4. The van der Waals surface area contributed by atoms with Crippen molar-refractivity contribution in [2.45, 2.75) is 27.7 Å². The summed E-state index contributed by atoms with van der Waals surface area (Å²) in [6.07, 6.45) is 3.69. The fraction of sp³-hybridized carbons (Fsp3) is 0.400. The standard InChI is InChI=1S/C8H10N4.C2H6.H3P/c1-5-3-4-9-7-6(2)11-12-8(7)10-5;1-2;/h3-4H,1-2H3,(H2,10,11,12);1-2H3;1H3. The predicted molar refractivity (Wildman–Crippen MR) is 71.3 cm³/mol. The summed E-state index contributed by atoms with van der Waals surface area (Å²) < 4.78 is 0. The average Bonchev–Trinajstić information content (AvgIpc) is 2.44. The molecule has 0 aromatic carbocycles. The molecule has 1 atom stereocenters. The third-order valence-electron chi connectivity index (χ3n) is 1.76. The Hall–Kier alpha value is -1.15. The van der Waals surface area contributed by atoms with Gasteiger partial charge in [0.1, 0.15) is 5.69 Å². The molecule has 4 nitrogen and oxygen atoms in total. The molecule has 0 amide bonds. The first-order valence-electron chi connectivity index (χ1n) is 4.80. The molecule has 1 aromatic heterocycles. The van der Waals surface area contributed by atoms with Gasteiger partial charge in [0.25, 0.3) is 0 Å². The molecule has 0 saturated carbocycles. The van der Waals surface area contributed by atoms with Crippen LogP contribution < -0.4 is 5.32 Å². The number of aromatic amines is 1. The first kappa shape index (κ1) is 13.8. The van der Waals surface area contributed by atoms with Gasteiger partial charge in [0.2, 0.25) is 0 Å². The molecule has 1 aliphatic heterocycles. The first-order valence-corrected chi connectivity index (χ1v) is 4.80. The van der Waals surface area contributed by atoms with E-state index in [1.54, 1.807) is 6.21 Å². The Morgan fingerprint density at radius 1 is 1.20 bits per heavy atom. The van der Waals surface area contributed by atoms with E-state index in [1.807, 2.05) is 33.8 Å². The number of rotatable bonds is 0. The summed E-state index contributed by atoms with van der Waals surface area (Å²) >= 11 is 0. The zero-order valence-electron chi connectivity index (χ0n) is 9.76. The van der Waals surface area contributed by atoms with Gasteiger partial charge in [-0.05, 0) is 19.9 Å². The molecular formula is C10H19N4P. The van der Waals surface area contributed by atoms with Crippen LogP contribution in [-0.2, 0) is 0 Å². The van der Waals surface area contributed by atoms with Crippen LogP contribution in [0.4, 0.5) is 11.5 Å². The Morgan fingerprint density at radius 2 is 1.87 bits per heavy atom. The number of nitrogens with one attached hydrogen (secondary N) is 2. The van der Waals surface area contributed by atoms with Gasteiger partial charge in [-0.15, -0.1) is 0 Å². The largest absolute Gasteiger partial charge is 0.341 e. The van der Waals surface area contributed by atoms with E-state index >= 15 is 0 Å². The summed E-state index contributed by atoms with van der Waals surface area (Å²) in [5.74, 6) is 0.801. The molecule has 1 unspecified atom stereocenters. The SMILES string of the molecule is CC.CC1=CC=Nc2c(n[nH]c2C)N1.P. The fourth-order valence-corrected chi connectivity index (χ4v) is 1.12. The van der Waals surface area contributed by atoms with Gasteiger partial charge < -0.3 is 5.32 Å². The van der Waals surface area contributed by atoms with Crippen LogP contribution in [0.15, 0.2) is 16.8 Å². The monoisotopic (exact) mass is 226 g/mol. The minimum absolute atomic E-state index is 0. The van der Waals surface area contributed by atoms with Gasteiger partial charge in [0, 0.05) is 11.9 Å². The average molecular weight is 226 g/mol. The predicted octanol–water partition coefficient (Wildman–Crippen LogP) is 2.83. The van der Waals surface area contributed by atoms with Gasteiger partial charge >= 0.3 is 0 Å². The molecule has 5 heteroatoms. The van der Waals surface area contributed by atoms with Crippen molar-refractivity contribution in [2.24, 2.45) is 4.99 Å². The van der Waals surface area contributed by atoms with Crippen molar-refractivity contribution in [2.75, 3.05) is 5.32 Å². The maximum Gasteiger partial charge on any atom is 0.178 e. The number of aliphatic imine (C=N–C) groups is 1. The lowest BCUT2D eigenvalue weighted by Gasteiger charge is -1.99. The third-order valence-corrected chi connectivity index (χ3v) is 1.76. The summed E-state index contributed by atoms with van der Waals surface area (Å²) in [5, 5.41) is 10.1. The number of hydrogen-bond donors (Lipinski definition) is 2. The highest BCUT2D eigenvalue weighted by Crippen LogP contribution is 2.27. The van der Waals surface area contributed by atoms with E-state index in [0.717, 1.165) is 22.9 Å². The number of nitrogens with zero attached hydrogens (tertiary/aromatic N) is 2. The number of hydrogen-bond acceptors (Lipinski definition) is 3. The summed E-state index contributed by atoms with van der Waals surface area (Å²) in [7, 11) is 0. The zero-order valence-corrected chi connectivity index (χ0v) is 11.2. The molecule has 2 rings (SSSR count). The number of anilines is 1. The second-order valence-electron chi connectivity index (χ2n) is 2.80. The lowest BCUT2D eigenvalue weighted by molar-refractivity contribution is 1.04. The molecule has 1 aliphatic rings. The van der Waals surface area contributed by atoms with E-state index in [1.165, 1.54) is 0 Å². The second-order valence-corrected chi connectivity index (χ2v) is 2.80. The third kappa shape index (κ3) is 3.17. The Balaban J connectivity index is 0.000000617. The lowest BCUT2D eigenvalue weighted by Crippen LogP contribution is -1.94. The molecule has 0 bridgehead atoms. The van der Waals surface area contributed by atoms with E-state index in [0.29, 0.717) is 0 Å². The van der Waals surface area contributed by atoms with Crippen LogP contribution in [0.25, 0.3) is 0 Å². The summed E-state index contributed by atoms with van der Waals surface area (Å²) in [4.78, 5) is 4.24. The van der Waals surface area contributed by atoms with Gasteiger partial charge in [0.05, 0.1) is 5.69 Å². The van der Waals surface area contributed by atoms with Crippen LogP contribution >= 0.6 is 9.90 Å². The van der Waals surface area contributed by atoms with Gasteiger partial charge in [-0.2, -0.15) is 15.0 Å². The van der Waals surface area contributed by atoms with E-state index in [9.17, 15) is 0 Å². The Morgan fingerprint density at radius 3 is 2.53 bits per heavy atom. The van der Waals surface area contributed by atoms with Gasteiger partial charge in [-0.1, -0.05) is 13.8 Å². The molecular weight excluding hydrogens is 207 g/mol. The molecule has 0 radical (unpaired) electrons. The van der Waals surface area contributed by atoms with Crippen molar-refractivity contribution in [3.8, 4) is 0 Å². The molecule has 0 spiro atoms. The minimum Gasteiger partial charge on any atom is -0.341 e. The van der Waals surface area contributed by atoms with E-state index in [2.05, 4.69) is 20.5 Å². The highest BCUT2D eigenvalue weighted by molar-refractivity contribution is 6.92. The summed E-state index contributed by atoms with van der Waals surface area (Å²) in [6, 6.07) is 0. The molecule has 0 aliphatic carbocycles. The summed E-state index contributed by atoms with van der Waals surface area (Å²) in [6.45, 7) is 7.93. The first-order chi connectivity index (χ1) is 6.77. The van der Waals surface area contributed by atoms with Crippen molar-refractivity contribution in [1.82, 2.24) is 10.2 Å². The normalized spacial score (nSPS) is 12.1. The van der Waals surface area contributed by atoms with Crippen molar-refractivity contribution < 1.29 is 0 Å². The highest BCUT2D eigenvalue weighted by Gasteiger charge is 2.09. The van der Waals surface area contributed by atoms with Crippen molar-refractivity contribution in [3.63, 3.8) is 0 Å². The molecule has 2 N–H and O–H groups in total. The van der Waals surface area contributed by atoms with E-state index in [4.69, 9.17) is 0 Å². The quantitative estimate of drug-likeness (QED) is 0.668. The van der Waals surface area contributed by atoms with Crippen LogP contribution in [0.5, 0.6) is 0 Å². The Labute approximate surface area is 93.9 Å². The molecule has 15 heavy (non-hydrogen) atoms. The van der Waals surface area contributed by atoms with Crippen LogP contribution in [0.3, 0.4) is 0 Å². The molecule has 1 aromatic rings. The van der Waals surface area contributed by atoms with Crippen molar-refractivity contribution in [1.29, 1.82) is 0 Å². The summed E-state index contributed by atoms with van der Waals surface area (Å²) in [5.41, 5.74) is 2.92. The van der Waals surface area contributed by atoms with Gasteiger partial charge in [-0.25, -0.2) is 0 Å². The maximum atomic E-state index is 4.24. The maximum absolute atomic E-state index is 4.24. The van der Waals surface area contributed by atoms with Crippen molar-refractivity contribution in [3.05, 3.63) is 17.5 Å². The van der Waals surface area contributed by atoms with E-state index in [-0.39, 0.29) is 9.90 Å². The van der Waals surface area contributed by atoms with Crippen LogP contribution in [0.1, 0.15) is 26.5 Å². The zero-order chi connectivity index (χ0) is 10.6. The molecule has 0 fully saturated rings. The van der Waals surface area contributed by atoms with Gasteiger partial charge in [-0.3, -0.25) is 10.1 Å². The number of H-pyrrole nitrogens is 1. The highest BCUT2D eigenvalue weighted by atomic mass is 31.0. The molecule has 84 valence electrons. The number of aryl methyl sites for hydroxylation is 1. The van der Waals surface area contributed by atoms with Crippen molar-refractivity contribution >= 4 is 27.6 Å². The second kappa shape index (κ2) is 6.36. The van der Waals surface area contributed by atoms with Gasteiger partial charge in [0.15, 0.2) is 5.82 Å². The Bertz CT molecular complexity index is 365. The fourth-order valence-electron chi connectivity index (χ4n) is 1.12.